The molecule has 0 aliphatic carbocycles. The lowest BCUT2D eigenvalue weighted by molar-refractivity contribution is -0.140. The lowest BCUT2D eigenvalue weighted by Crippen LogP contribution is -2.42. The molecule has 2 nitrogen and oxygen atoms in total. The normalized spacial score (nSPS) is 25.7. The van der Waals surface area contributed by atoms with Crippen LogP contribution in [-0.2, 0) is 0 Å². The number of nitrogens with zero attached hydrogens (tertiary/aromatic N) is 1. The van der Waals surface area contributed by atoms with E-state index in [0.717, 1.165) is 25.8 Å². The van der Waals surface area contributed by atoms with Gasteiger partial charge < -0.3 is 5.11 Å². The van der Waals surface area contributed by atoms with Crippen molar-refractivity contribution in [1.29, 1.82) is 0 Å². The summed E-state index contributed by atoms with van der Waals surface area (Å²) in [4.78, 5) is 1.88. The molecule has 0 aromatic rings. The molecule has 2 unspecified atom stereocenters. The highest BCUT2D eigenvalue weighted by atomic mass is 19.4. The molecule has 1 fully saturated rings. The Morgan fingerprint density at radius 1 is 1.38 bits per heavy atom. The maximum Gasteiger partial charge on any atom is 0.390 e. The summed E-state index contributed by atoms with van der Waals surface area (Å²) in [7, 11) is 0. The SMILES string of the molecule is CC(O)CC1CCCCN1CCC(F)(F)F. The van der Waals surface area contributed by atoms with Crippen LogP contribution < -0.4 is 0 Å². The third kappa shape index (κ3) is 5.16. The van der Waals surface area contributed by atoms with Crippen molar-refractivity contribution >= 4 is 0 Å². The molecule has 1 rings (SSSR count). The molecule has 1 aliphatic heterocycles. The number of likely N-dealkylation sites (tertiary alicyclic amines) is 1. The van der Waals surface area contributed by atoms with E-state index in [1.807, 2.05) is 4.90 Å². The predicted molar refractivity (Wildman–Crippen MR) is 56.2 cm³/mol. The average molecular weight is 239 g/mol. The highest BCUT2D eigenvalue weighted by Crippen LogP contribution is 2.25. The number of halogens is 3. The van der Waals surface area contributed by atoms with Gasteiger partial charge in [-0.2, -0.15) is 13.2 Å². The van der Waals surface area contributed by atoms with Gasteiger partial charge >= 0.3 is 6.18 Å². The molecule has 0 aromatic carbocycles. The van der Waals surface area contributed by atoms with Crippen molar-refractivity contribution in [3.63, 3.8) is 0 Å². The van der Waals surface area contributed by atoms with Gasteiger partial charge in [0.15, 0.2) is 0 Å². The fraction of sp³-hybridized carbons (Fsp3) is 1.00. The van der Waals surface area contributed by atoms with Crippen molar-refractivity contribution in [3.8, 4) is 0 Å². The predicted octanol–water partition coefficient (Wildman–Crippen LogP) is 2.56. The molecule has 1 saturated heterocycles. The van der Waals surface area contributed by atoms with Crippen molar-refractivity contribution in [1.82, 2.24) is 4.90 Å². The minimum Gasteiger partial charge on any atom is -0.393 e. The molecule has 0 saturated carbocycles. The van der Waals surface area contributed by atoms with Crippen molar-refractivity contribution in [2.24, 2.45) is 0 Å². The Labute approximate surface area is 94.4 Å². The standard InChI is InChI=1S/C11H20F3NO/c1-9(16)8-10-4-2-3-6-15(10)7-5-11(12,13)14/h9-10,16H,2-8H2,1H3. The third-order valence-electron chi connectivity index (χ3n) is 3.04. The van der Waals surface area contributed by atoms with E-state index >= 15 is 0 Å². The molecule has 0 aromatic heterocycles. The molecular formula is C11H20F3NO. The quantitative estimate of drug-likeness (QED) is 0.815. The highest BCUT2D eigenvalue weighted by molar-refractivity contribution is 4.79. The molecule has 1 N–H and O–H groups in total. The van der Waals surface area contributed by atoms with Crippen LogP contribution in [0.5, 0.6) is 0 Å². The van der Waals surface area contributed by atoms with E-state index in [2.05, 4.69) is 0 Å². The minimum atomic E-state index is -4.08. The first-order valence-corrected chi connectivity index (χ1v) is 5.87. The lowest BCUT2D eigenvalue weighted by Gasteiger charge is -2.36. The second kappa shape index (κ2) is 5.87. The maximum absolute atomic E-state index is 12.1. The number of rotatable bonds is 4. The van der Waals surface area contributed by atoms with Gasteiger partial charge in [0.05, 0.1) is 12.5 Å². The van der Waals surface area contributed by atoms with Crippen molar-refractivity contribution < 1.29 is 18.3 Å². The van der Waals surface area contributed by atoms with Gasteiger partial charge in [0.1, 0.15) is 0 Å². The fourth-order valence-corrected chi connectivity index (χ4v) is 2.29. The number of hydrogen-bond donors (Lipinski definition) is 1. The Balaban J connectivity index is 2.41. The molecule has 0 radical (unpaired) electrons. The Morgan fingerprint density at radius 3 is 2.62 bits per heavy atom. The van der Waals surface area contributed by atoms with Crippen molar-refractivity contribution in [2.45, 2.75) is 57.3 Å². The van der Waals surface area contributed by atoms with E-state index in [0.29, 0.717) is 6.42 Å². The number of aliphatic hydroxyl groups excluding tert-OH is 1. The number of aliphatic hydroxyl groups is 1. The van der Waals surface area contributed by atoms with Crippen molar-refractivity contribution in [2.75, 3.05) is 13.1 Å². The van der Waals surface area contributed by atoms with E-state index in [4.69, 9.17) is 0 Å². The molecule has 5 heteroatoms. The van der Waals surface area contributed by atoms with Gasteiger partial charge in [-0.3, -0.25) is 4.90 Å². The summed E-state index contributed by atoms with van der Waals surface area (Å²) in [6.45, 7) is 2.49. The fourth-order valence-electron chi connectivity index (χ4n) is 2.29. The number of alkyl halides is 3. The van der Waals surface area contributed by atoms with Crippen LogP contribution in [0.15, 0.2) is 0 Å². The molecule has 16 heavy (non-hydrogen) atoms. The Kier molecular flexibility index (Phi) is 5.05. The van der Waals surface area contributed by atoms with Gasteiger partial charge in [-0.1, -0.05) is 6.42 Å². The van der Waals surface area contributed by atoms with Crippen LogP contribution in [0.1, 0.15) is 39.0 Å². The van der Waals surface area contributed by atoms with Gasteiger partial charge in [0, 0.05) is 12.6 Å². The van der Waals surface area contributed by atoms with Crippen LogP contribution in [0.25, 0.3) is 0 Å². The van der Waals surface area contributed by atoms with E-state index < -0.39 is 18.7 Å². The largest absolute Gasteiger partial charge is 0.393 e. The zero-order valence-corrected chi connectivity index (χ0v) is 9.63. The van der Waals surface area contributed by atoms with E-state index in [9.17, 15) is 18.3 Å². The summed E-state index contributed by atoms with van der Waals surface area (Å²) in [5.74, 6) is 0. The maximum atomic E-state index is 12.1. The van der Waals surface area contributed by atoms with Gasteiger partial charge in [-0.05, 0) is 32.7 Å². The number of hydrogen-bond acceptors (Lipinski definition) is 2. The average Bonchev–Trinajstić information content (AvgIpc) is 2.14. The minimum absolute atomic E-state index is 0.0703. The summed E-state index contributed by atoms with van der Waals surface area (Å²) in [6, 6.07) is 0.121. The van der Waals surface area contributed by atoms with Crippen LogP contribution >= 0.6 is 0 Å². The molecule has 96 valence electrons. The van der Waals surface area contributed by atoms with Crippen molar-refractivity contribution in [3.05, 3.63) is 0 Å². The topological polar surface area (TPSA) is 23.5 Å². The Morgan fingerprint density at radius 2 is 2.06 bits per heavy atom. The van der Waals surface area contributed by atoms with Crippen LogP contribution in [0.3, 0.4) is 0 Å². The van der Waals surface area contributed by atoms with Gasteiger partial charge in [0.25, 0.3) is 0 Å². The van der Waals surface area contributed by atoms with Gasteiger partial charge in [-0.15, -0.1) is 0 Å². The smallest absolute Gasteiger partial charge is 0.390 e. The van der Waals surface area contributed by atoms with Crippen LogP contribution in [-0.4, -0.2) is 41.4 Å². The summed E-state index contributed by atoms with van der Waals surface area (Å²) in [5.41, 5.74) is 0. The molecule has 0 spiro atoms. The summed E-state index contributed by atoms with van der Waals surface area (Å²) in [6.07, 6.45) is -1.75. The highest BCUT2D eigenvalue weighted by Gasteiger charge is 2.30. The summed E-state index contributed by atoms with van der Waals surface area (Å²) in [5, 5.41) is 9.30. The molecule has 0 bridgehead atoms. The molecular weight excluding hydrogens is 219 g/mol. The van der Waals surface area contributed by atoms with Crippen LogP contribution in [0.2, 0.25) is 0 Å². The van der Waals surface area contributed by atoms with E-state index in [1.165, 1.54) is 0 Å². The van der Waals surface area contributed by atoms with E-state index in [-0.39, 0.29) is 12.6 Å². The van der Waals surface area contributed by atoms with Crippen LogP contribution in [0.4, 0.5) is 13.2 Å². The molecule has 1 aliphatic rings. The Bertz CT molecular complexity index is 206. The summed E-state index contributed by atoms with van der Waals surface area (Å²) < 4.78 is 36.4. The zero-order valence-electron chi connectivity index (χ0n) is 9.63. The first kappa shape index (κ1) is 13.8. The molecule has 2 atom stereocenters. The third-order valence-corrected chi connectivity index (χ3v) is 3.04. The first-order chi connectivity index (χ1) is 7.38. The zero-order chi connectivity index (χ0) is 12.2. The monoisotopic (exact) mass is 239 g/mol. The van der Waals surface area contributed by atoms with Gasteiger partial charge in [-0.25, -0.2) is 0 Å². The molecule has 0 amide bonds. The van der Waals surface area contributed by atoms with E-state index in [1.54, 1.807) is 6.92 Å². The van der Waals surface area contributed by atoms with Gasteiger partial charge in [0.2, 0.25) is 0 Å². The molecule has 1 heterocycles. The second-order valence-electron chi connectivity index (χ2n) is 4.64. The Hall–Kier alpha value is -0.290. The van der Waals surface area contributed by atoms with Crippen LogP contribution in [0, 0.1) is 0 Å². The number of piperidine rings is 1. The second-order valence-corrected chi connectivity index (χ2v) is 4.64. The first-order valence-electron chi connectivity index (χ1n) is 5.87. The summed E-state index contributed by atoms with van der Waals surface area (Å²) >= 11 is 0. The lowest BCUT2D eigenvalue weighted by atomic mass is 9.97.